The lowest BCUT2D eigenvalue weighted by Gasteiger charge is -1.87. The van der Waals surface area contributed by atoms with E-state index in [9.17, 15) is 0 Å². The summed E-state index contributed by atoms with van der Waals surface area (Å²) < 4.78 is 5.32. The van der Waals surface area contributed by atoms with Crippen LogP contribution in [-0.4, -0.2) is 11.7 Å². The fourth-order valence-electron chi connectivity index (χ4n) is 1.30. The summed E-state index contributed by atoms with van der Waals surface area (Å²) in [5.41, 5.74) is 0. The highest BCUT2D eigenvalue weighted by Crippen LogP contribution is 2.21. The summed E-state index contributed by atoms with van der Waals surface area (Å²) in [6.45, 7) is 0.0367. The Hall–Kier alpha value is -1.54. The van der Waals surface area contributed by atoms with Crippen LogP contribution < -0.4 is 0 Å². The molecular formula is C11H10O2. The van der Waals surface area contributed by atoms with Crippen LogP contribution in [0.2, 0.25) is 0 Å². The molecule has 0 atom stereocenters. The fraction of sp³-hybridized carbons (Fsp3) is 0.0909. The van der Waals surface area contributed by atoms with Gasteiger partial charge >= 0.3 is 0 Å². The van der Waals surface area contributed by atoms with Gasteiger partial charge in [-0.25, -0.2) is 0 Å². The van der Waals surface area contributed by atoms with E-state index in [0.717, 1.165) is 16.5 Å². The lowest BCUT2D eigenvalue weighted by Crippen LogP contribution is -1.71. The van der Waals surface area contributed by atoms with Gasteiger partial charge in [-0.15, -0.1) is 0 Å². The van der Waals surface area contributed by atoms with Crippen LogP contribution in [0.5, 0.6) is 0 Å². The Bertz CT molecular complexity index is 426. The van der Waals surface area contributed by atoms with Crippen molar-refractivity contribution in [1.29, 1.82) is 0 Å². The lowest BCUT2D eigenvalue weighted by molar-refractivity contribution is 0.343. The van der Waals surface area contributed by atoms with Crippen molar-refractivity contribution in [3.05, 3.63) is 42.4 Å². The number of aliphatic hydroxyl groups is 1. The van der Waals surface area contributed by atoms with Crippen molar-refractivity contribution in [2.75, 3.05) is 6.61 Å². The van der Waals surface area contributed by atoms with E-state index in [0.29, 0.717) is 0 Å². The molecule has 1 heterocycles. The molecule has 2 aromatic rings. The molecule has 2 rings (SSSR count). The zero-order valence-electron chi connectivity index (χ0n) is 7.10. The molecule has 0 saturated heterocycles. The Labute approximate surface area is 76.1 Å². The van der Waals surface area contributed by atoms with Crippen LogP contribution in [0.25, 0.3) is 16.8 Å². The molecule has 0 fully saturated rings. The van der Waals surface area contributed by atoms with Crippen molar-refractivity contribution in [3.63, 3.8) is 0 Å². The maximum Gasteiger partial charge on any atom is 0.134 e. The van der Waals surface area contributed by atoms with Gasteiger partial charge in [0.1, 0.15) is 5.76 Å². The van der Waals surface area contributed by atoms with Crippen LogP contribution in [0.3, 0.4) is 0 Å². The van der Waals surface area contributed by atoms with Crippen LogP contribution in [-0.2, 0) is 0 Å². The van der Waals surface area contributed by atoms with Crippen molar-refractivity contribution in [3.8, 4) is 0 Å². The molecule has 0 aliphatic carbocycles. The van der Waals surface area contributed by atoms with E-state index in [4.69, 9.17) is 9.52 Å². The Morgan fingerprint density at radius 3 is 3.00 bits per heavy atom. The van der Waals surface area contributed by atoms with Gasteiger partial charge in [-0.1, -0.05) is 30.3 Å². The second-order valence-electron chi connectivity index (χ2n) is 2.77. The monoisotopic (exact) mass is 174 g/mol. The molecule has 1 N–H and O–H groups in total. The molecule has 0 unspecified atom stereocenters. The molecule has 1 aromatic carbocycles. The molecule has 13 heavy (non-hydrogen) atoms. The summed E-state index contributed by atoms with van der Waals surface area (Å²) in [5, 5.41) is 10.8. The van der Waals surface area contributed by atoms with Gasteiger partial charge < -0.3 is 9.52 Å². The fourth-order valence-corrected chi connectivity index (χ4v) is 1.30. The summed E-state index contributed by atoms with van der Waals surface area (Å²) in [5.74, 6) is 0.796. The van der Waals surface area contributed by atoms with Gasteiger partial charge in [0.25, 0.3) is 0 Å². The third-order valence-electron chi connectivity index (χ3n) is 1.91. The second kappa shape index (κ2) is 3.46. The van der Waals surface area contributed by atoms with Crippen LogP contribution in [0.15, 0.2) is 41.0 Å². The first kappa shape index (κ1) is 8.08. The molecule has 66 valence electrons. The summed E-state index contributed by atoms with van der Waals surface area (Å²) in [7, 11) is 0. The Kier molecular flexibility index (Phi) is 2.15. The number of hydrogen-bond acceptors (Lipinski definition) is 2. The van der Waals surface area contributed by atoms with Gasteiger partial charge in [-0.3, -0.25) is 0 Å². The standard InChI is InChI=1S/C11H10O2/c12-7-3-6-11-10-5-2-1-4-9(10)8-13-11/h1-6,8,12H,7H2/b6-3+. The van der Waals surface area contributed by atoms with Gasteiger partial charge in [-0.2, -0.15) is 0 Å². The third kappa shape index (κ3) is 1.48. The topological polar surface area (TPSA) is 33.4 Å². The average molecular weight is 174 g/mol. The highest BCUT2D eigenvalue weighted by atomic mass is 16.3. The average Bonchev–Trinajstić information content (AvgIpc) is 2.58. The molecule has 0 radical (unpaired) electrons. The molecule has 0 saturated carbocycles. The zero-order valence-corrected chi connectivity index (χ0v) is 7.10. The number of furan rings is 1. The van der Waals surface area contributed by atoms with E-state index < -0.39 is 0 Å². The van der Waals surface area contributed by atoms with E-state index >= 15 is 0 Å². The molecule has 1 aromatic heterocycles. The van der Waals surface area contributed by atoms with E-state index in [2.05, 4.69) is 0 Å². The first-order valence-electron chi connectivity index (χ1n) is 4.15. The lowest BCUT2D eigenvalue weighted by atomic mass is 10.2. The quantitative estimate of drug-likeness (QED) is 0.758. The first-order chi connectivity index (χ1) is 6.42. The summed E-state index contributed by atoms with van der Waals surface area (Å²) in [4.78, 5) is 0. The predicted molar refractivity (Wildman–Crippen MR) is 52.3 cm³/mol. The first-order valence-corrected chi connectivity index (χ1v) is 4.15. The van der Waals surface area contributed by atoms with E-state index in [-0.39, 0.29) is 6.61 Å². The highest BCUT2D eigenvalue weighted by molar-refractivity contribution is 5.88. The zero-order chi connectivity index (χ0) is 9.10. The Balaban J connectivity index is 2.52. The minimum absolute atomic E-state index is 0.0367. The van der Waals surface area contributed by atoms with Gasteiger partial charge in [0.2, 0.25) is 0 Å². The smallest absolute Gasteiger partial charge is 0.134 e. The molecule has 0 aliphatic rings. The van der Waals surface area contributed by atoms with Crippen molar-refractivity contribution in [1.82, 2.24) is 0 Å². The van der Waals surface area contributed by atoms with Crippen LogP contribution in [0.4, 0.5) is 0 Å². The molecule has 0 aliphatic heterocycles. The van der Waals surface area contributed by atoms with Crippen LogP contribution in [0, 0.1) is 0 Å². The van der Waals surface area contributed by atoms with Crippen LogP contribution >= 0.6 is 0 Å². The minimum Gasteiger partial charge on any atom is -0.464 e. The number of benzene rings is 1. The van der Waals surface area contributed by atoms with Gasteiger partial charge in [0, 0.05) is 10.8 Å². The predicted octanol–water partition coefficient (Wildman–Crippen LogP) is 2.44. The number of aliphatic hydroxyl groups excluding tert-OH is 1. The Morgan fingerprint density at radius 2 is 2.15 bits per heavy atom. The van der Waals surface area contributed by atoms with Crippen molar-refractivity contribution < 1.29 is 9.52 Å². The maximum atomic E-state index is 8.61. The van der Waals surface area contributed by atoms with Crippen LogP contribution in [0.1, 0.15) is 5.76 Å². The summed E-state index contributed by atoms with van der Waals surface area (Å²) in [6, 6.07) is 7.93. The molecule has 0 amide bonds. The highest BCUT2D eigenvalue weighted by Gasteiger charge is 2.00. The van der Waals surface area contributed by atoms with E-state index in [1.54, 1.807) is 18.4 Å². The summed E-state index contributed by atoms with van der Waals surface area (Å²) in [6.07, 6.45) is 5.15. The van der Waals surface area contributed by atoms with Gasteiger partial charge in [-0.05, 0) is 6.08 Å². The molecular weight excluding hydrogens is 164 g/mol. The molecule has 2 heteroatoms. The van der Waals surface area contributed by atoms with E-state index in [1.807, 2.05) is 24.3 Å². The van der Waals surface area contributed by atoms with Crippen molar-refractivity contribution in [2.45, 2.75) is 0 Å². The van der Waals surface area contributed by atoms with Crippen molar-refractivity contribution in [2.24, 2.45) is 0 Å². The maximum absolute atomic E-state index is 8.61. The molecule has 2 nitrogen and oxygen atoms in total. The third-order valence-corrected chi connectivity index (χ3v) is 1.91. The normalized spacial score (nSPS) is 11.5. The number of hydrogen-bond donors (Lipinski definition) is 1. The van der Waals surface area contributed by atoms with Gasteiger partial charge in [0.05, 0.1) is 12.9 Å². The van der Waals surface area contributed by atoms with E-state index in [1.165, 1.54) is 0 Å². The van der Waals surface area contributed by atoms with Gasteiger partial charge in [0.15, 0.2) is 0 Å². The molecule has 0 spiro atoms. The minimum atomic E-state index is 0.0367. The largest absolute Gasteiger partial charge is 0.464 e. The number of fused-ring (bicyclic) bond motifs is 1. The molecule has 0 bridgehead atoms. The Morgan fingerprint density at radius 1 is 1.31 bits per heavy atom. The second-order valence-corrected chi connectivity index (χ2v) is 2.77. The number of rotatable bonds is 2. The summed E-state index contributed by atoms with van der Waals surface area (Å²) >= 11 is 0. The SMILES string of the molecule is OC/C=C/c1occ2ccccc12. The van der Waals surface area contributed by atoms with Crippen molar-refractivity contribution >= 4 is 16.8 Å².